The molecule has 0 aliphatic heterocycles. The minimum Gasteiger partial charge on any atom is -0.321 e. The van der Waals surface area contributed by atoms with Crippen molar-refractivity contribution in [2.45, 2.75) is 6.54 Å². The second-order valence-electron chi connectivity index (χ2n) is 5.57. The monoisotopic (exact) mass is 346 g/mol. The van der Waals surface area contributed by atoms with Crippen molar-refractivity contribution in [3.05, 3.63) is 77.7 Å². The number of nitrogens with zero attached hydrogens (tertiary/aromatic N) is 5. The zero-order chi connectivity index (χ0) is 17.9. The summed E-state index contributed by atoms with van der Waals surface area (Å²) in [6.07, 6.45) is 6.35. The van der Waals surface area contributed by atoms with Crippen LogP contribution in [0.25, 0.3) is 16.7 Å². The molecule has 0 aliphatic carbocycles. The molecule has 1 N–H and O–H groups in total. The molecule has 8 nitrogen and oxygen atoms in total. The minimum atomic E-state index is -0.356. The van der Waals surface area contributed by atoms with Gasteiger partial charge in [0, 0.05) is 18.6 Å². The molecular formula is C18H14N6O2. The van der Waals surface area contributed by atoms with Crippen LogP contribution in [0.1, 0.15) is 0 Å². The molecule has 0 atom stereocenters. The number of carbonyl (C=O) groups excluding carboxylic acids is 1. The third-order valence-electron chi connectivity index (χ3n) is 3.83. The average molecular weight is 346 g/mol. The van der Waals surface area contributed by atoms with E-state index < -0.39 is 0 Å². The summed E-state index contributed by atoms with van der Waals surface area (Å²) in [5.41, 5.74) is 0.842. The summed E-state index contributed by atoms with van der Waals surface area (Å²) in [6, 6.07) is 12.2. The molecule has 3 heterocycles. The predicted octanol–water partition coefficient (Wildman–Crippen LogP) is 1.62. The molecule has 0 radical (unpaired) electrons. The summed E-state index contributed by atoms with van der Waals surface area (Å²) >= 11 is 0. The van der Waals surface area contributed by atoms with E-state index >= 15 is 0 Å². The van der Waals surface area contributed by atoms with E-state index in [0.29, 0.717) is 22.4 Å². The molecule has 128 valence electrons. The quantitative estimate of drug-likeness (QED) is 0.606. The fraction of sp³-hybridized carbons (Fsp3) is 0.0556. The standard InChI is InChI=1S/C18H14N6O2/c25-16(11-23-12-20-14-6-2-1-5-13(14)18(23)26)22-15-7-3-8-19-17(15)24-10-4-9-21-24/h1-10,12H,11H2,(H,22,25). The fourth-order valence-electron chi connectivity index (χ4n) is 2.63. The molecule has 0 aliphatic rings. The highest BCUT2D eigenvalue weighted by molar-refractivity contribution is 5.92. The zero-order valence-electron chi connectivity index (χ0n) is 13.6. The van der Waals surface area contributed by atoms with Gasteiger partial charge in [-0.1, -0.05) is 12.1 Å². The van der Waals surface area contributed by atoms with Crippen molar-refractivity contribution in [2.75, 3.05) is 5.32 Å². The molecule has 1 aromatic carbocycles. The number of fused-ring (bicyclic) bond motifs is 1. The van der Waals surface area contributed by atoms with Crippen LogP contribution >= 0.6 is 0 Å². The van der Waals surface area contributed by atoms with Crippen molar-refractivity contribution in [2.24, 2.45) is 0 Å². The molecule has 0 fully saturated rings. The number of nitrogens with one attached hydrogen (secondary N) is 1. The highest BCUT2D eigenvalue weighted by Crippen LogP contribution is 2.16. The first-order valence-corrected chi connectivity index (χ1v) is 7.91. The number of aromatic nitrogens is 5. The molecule has 4 rings (SSSR count). The lowest BCUT2D eigenvalue weighted by molar-refractivity contribution is -0.116. The van der Waals surface area contributed by atoms with E-state index in [2.05, 4.69) is 20.4 Å². The van der Waals surface area contributed by atoms with Crippen LogP contribution in [0.2, 0.25) is 0 Å². The summed E-state index contributed by atoms with van der Waals surface area (Å²) in [6.45, 7) is -0.149. The maximum absolute atomic E-state index is 12.5. The maximum Gasteiger partial charge on any atom is 0.261 e. The maximum atomic E-state index is 12.5. The molecule has 0 unspecified atom stereocenters. The van der Waals surface area contributed by atoms with Gasteiger partial charge < -0.3 is 5.32 Å². The van der Waals surface area contributed by atoms with E-state index in [1.54, 1.807) is 59.7 Å². The van der Waals surface area contributed by atoms with Gasteiger partial charge >= 0.3 is 0 Å². The molecule has 8 heteroatoms. The number of pyridine rings is 1. The van der Waals surface area contributed by atoms with Gasteiger partial charge in [0.15, 0.2) is 5.82 Å². The van der Waals surface area contributed by atoms with E-state index in [1.165, 1.54) is 10.9 Å². The molecule has 0 bridgehead atoms. The molecular weight excluding hydrogens is 332 g/mol. The van der Waals surface area contributed by atoms with Crippen LogP contribution in [-0.2, 0) is 11.3 Å². The Bertz CT molecular complexity index is 1130. The third kappa shape index (κ3) is 2.95. The number of benzene rings is 1. The van der Waals surface area contributed by atoms with Crippen LogP contribution in [-0.4, -0.2) is 30.2 Å². The van der Waals surface area contributed by atoms with Gasteiger partial charge in [-0.2, -0.15) is 5.10 Å². The van der Waals surface area contributed by atoms with Gasteiger partial charge in [0.1, 0.15) is 6.54 Å². The van der Waals surface area contributed by atoms with Crippen molar-refractivity contribution in [1.82, 2.24) is 24.3 Å². The lowest BCUT2D eigenvalue weighted by Gasteiger charge is -2.11. The Morgan fingerprint density at radius 3 is 2.77 bits per heavy atom. The first-order chi connectivity index (χ1) is 12.7. The number of hydrogen-bond acceptors (Lipinski definition) is 5. The average Bonchev–Trinajstić information content (AvgIpc) is 3.19. The lowest BCUT2D eigenvalue weighted by atomic mass is 10.2. The summed E-state index contributed by atoms with van der Waals surface area (Å²) in [4.78, 5) is 33.4. The minimum absolute atomic E-state index is 0.149. The molecule has 1 amide bonds. The molecule has 0 spiro atoms. The Labute approximate surface area is 147 Å². The molecule has 3 aromatic heterocycles. The summed E-state index contributed by atoms with van der Waals surface area (Å²) < 4.78 is 2.83. The smallest absolute Gasteiger partial charge is 0.261 e. The van der Waals surface area contributed by atoms with E-state index in [0.717, 1.165) is 0 Å². The second kappa shape index (κ2) is 6.60. The van der Waals surface area contributed by atoms with Crippen molar-refractivity contribution in [3.63, 3.8) is 0 Å². The van der Waals surface area contributed by atoms with Gasteiger partial charge in [0.2, 0.25) is 5.91 Å². The molecule has 0 saturated carbocycles. The molecule has 26 heavy (non-hydrogen) atoms. The van der Waals surface area contributed by atoms with Crippen LogP contribution in [0.5, 0.6) is 0 Å². The highest BCUT2D eigenvalue weighted by Gasteiger charge is 2.12. The van der Waals surface area contributed by atoms with Crippen molar-refractivity contribution in [1.29, 1.82) is 0 Å². The normalized spacial score (nSPS) is 10.8. The highest BCUT2D eigenvalue weighted by atomic mass is 16.2. The predicted molar refractivity (Wildman–Crippen MR) is 96.0 cm³/mol. The number of anilines is 1. The molecule has 4 aromatic rings. The van der Waals surface area contributed by atoms with Crippen LogP contribution in [0.3, 0.4) is 0 Å². The van der Waals surface area contributed by atoms with Crippen LogP contribution < -0.4 is 10.9 Å². The Morgan fingerprint density at radius 2 is 1.92 bits per heavy atom. The Morgan fingerprint density at radius 1 is 1.04 bits per heavy atom. The molecule has 0 saturated heterocycles. The number of rotatable bonds is 4. The van der Waals surface area contributed by atoms with Gasteiger partial charge in [-0.3, -0.25) is 14.2 Å². The number of hydrogen-bond donors (Lipinski definition) is 1. The van der Waals surface area contributed by atoms with Crippen molar-refractivity contribution >= 4 is 22.5 Å². The SMILES string of the molecule is O=C(Cn1cnc2ccccc2c1=O)Nc1cccnc1-n1cccn1. The Balaban J connectivity index is 1.59. The fourth-order valence-corrected chi connectivity index (χ4v) is 2.63. The topological polar surface area (TPSA) is 94.7 Å². The van der Waals surface area contributed by atoms with Gasteiger partial charge in [-0.05, 0) is 30.3 Å². The van der Waals surface area contributed by atoms with Gasteiger partial charge in [-0.25, -0.2) is 14.6 Å². The Kier molecular flexibility index (Phi) is 3.98. The summed E-state index contributed by atoms with van der Waals surface area (Å²) in [5.74, 6) is 0.139. The van der Waals surface area contributed by atoms with Crippen molar-refractivity contribution < 1.29 is 4.79 Å². The van der Waals surface area contributed by atoms with Gasteiger partial charge in [-0.15, -0.1) is 0 Å². The summed E-state index contributed by atoms with van der Waals surface area (Å²) in [5, 5.41) is 7.37. The van der Waals surface area contributed by atoms with Crippen LogP contribution in [0.4, 0.5) is 5.69 Å². The van der Waals surface area contributed by atoms with Crippen LogP contribution in [0, 0.1) is 0 Å². The van der Waals surface area contributed by atoms with E-state index in [4.69, 9.17) is 0 Å². The van der Waals surface area contributed by atoms with Gasteiger partial charge in [0.25, 0.3) is 5.56 Å². The summed E-state index contributed by atoms with van der Waals surface area (Å²) in [7, 11) is 0. The number of carbonyl (C=O) groups is 1. The van der Waals surface area contributed by atoms with E-state index in [-0.39, 0.29) is 18.0 Å². The first-order valence-electron chi connectivity index (χ1n) is 7.91. The third-order valence-corrected chi connectivity index (χ3v) is 3.83. The first kappa shape index (κ1) is 15.7. The largest absolute Gasteiger partial charge is 0.321 e. The number of amides is 1. The number of para-hydroxylation sites is 1. The lowest BCUT2D eigenvalue weighted by Crippen LogP contribution is -2.28. The van der Waals surface area contributed by atoms with Crippen molar-refractivity contribution in [3.8, 4) is 5.82 Å². The second-order valence-corrected chi connectivity index (χ2v) is 5.57. The zero-order valence-corrected chi connectivity index (χ0v) is 13.6. The Hall–Kier alpha value is -3.81. The van der Waals surface area contributed by atoms with Gasteiger partial charge in [0.05, 0.1) is 22.9 Å². The van der Waals surface area contributed by atoms with E-state index in [1.807, 2.05) is 6.07 Å². The van der Waals surface area contributed by atoms with Crippen LogP contribution in [0.15, 0.2) is 72.2 Å². The van der Waals surface area contributed by atoms with E-state index in [9.17, 15) is 9.59 Å².